The third-order valence-corrected chi connectivity index (χ3v) is 2.82. The highest BCUT2D eigenvalue weighted by Gasteiger charge is 2.10. The van der Waals surface area contributed by atoms with Gasteiger partial charge in [0.15, 0.2) is 12.4 Å². The van der Waals surface area contributed by atoms with Crippen LogP contribution in [0.2, 0.25) is 0 Å². The number of benzene rings is 1. The van der Waals surface area contributed by atoms with E-state index in [1.165, 1.54) is 0 Å². The van der Waals surface area contributed by atoms with Crippen LogP contribution in [0.4, 0.5) is 5.82 Å². The van der Waals surface area contributed by atoms with Crippen molar-refractivity contribution >= 4 is 17.7 Å². The van der Waals surface area contributed by atoms with Gasteiger partial charge in [0.25, 0.3) is 5.91 Å². The van der Waals surface area contributed by atoms with Crippen LogP contribution in [0.5, 0.6) is 5.75 Å². The number of rotatable bonds is 7. The van der Waals surface area contributed by atoms with E-state index >= 15 is 0 Å². The molecule has 1 aromatic carbocycles. The molecule has 0 spiro atoms. The summed E-state index contributed by atoms with van der Waals surface area (Å²) in [4.78, 5) is 23.1. The van der Waals surface area contributed by atoms with Crippen LogP contribution in [0, 0.1) is 13.8 Å². The maximum atomic E-state index is 11.6. The van der Waals surface area contributed by atoms with Crippen molar-refractivity contribution in [1.29, 1.82) is 0 Å². The number of carbonyl (C=O) groups excluding carboxylic acids is 2. The Morgan fingerprint density at radius 2 is 2.09 bits per heavy atom. The van der Waals surface area contributed by atoms with Crippen LogP contribution in [0.1, 0.15) is 17.7 Å². The van der Waals surface area contributed by atoms with E-state index in [1.807, 2.05) is 31.2 Å². The Hall–Kier alpha value is -2.83. The van der Waals surface area contributed by atoms with Gasteiger partial charge in [-0.15, -0.1) is 0 Å². The minimum Gasteiger partial charge on any atom is -0.493 e. The molecule has 0 radical (unpaired) electrons. The van der Waals surface area contributed by atoms with Gasteiger partial charge in [0, 0.05) is 6.07 Å². The van der Waals surface area contributed by atoms with Gasteiger partial charge in [0.1, 0.15) is 11.5 Å². The number of nitrogens with zero attached hydrogens (tertiary/aromatic N) is 1. The molecule has 0 atom stereocenters. The van der Waals surface area contributed by atoms with Gasteiger partial charge < -0.3 is 19.3 Å². The molecular formula is C16H18N2O5. The number of hydrogen-bond acceptors (Lipinski definition) is 6. The second-order valence-corrected chi connectivity index (χ2v) is 4.95. The predicted molar refractivity (Wildman–Crippen MR) is 82.1 cm³/mol. The first kappa shape index (κ1) is 16.5. The van der Waals surface area contributed by atoms with Gasteiger partial charge in [-0.1, -0.05) is 17.3 Å². The number of carbonyl (C=O) groups is 2. The quantitative estimate of drug-likeness (QED) is 0.787. The van der Waals surface area contributed by atoms with Crippen LogP contribution in [-0.4, -0.2) is 30.2 Å². The Bertz CT molecular complexity index is 681. The van der Waals surface area contributed by atoms with Gasteiger partial charge in [0.2, 0.25) is 0 Å². The SMILES string of the molecule is Cc1cccc(OCCC(=O)OCC(=O)Nc2cc(C)on2)c1. The van der Waals surface area contributed by atoms with E-state index in [9.17, 15) is 9.59 Å². The van der Waals surface area contributed by atoms with Crippen molar-refractivity contribution < 1.29 is 23.6 Å². The fraction of sp³-hybridized carbons (Fsp3) is 0.312. The lowest BCUT2D eigenvalue weighted by atomic mass is 10.2. The molecule has 23 heavy (non-hydrogen) atoms. The molecule has 0 bridgehead atoms. The van der Waals surface area contributed by atoms with Crippen molar-refractivity contribution in [3.63, 3.8) is 0 Å². The Labute approximate surface area is 133 Å². The fourth-order valence-corrected chi connectivity index (χ4v) is 1.78. The maximum absolute atomic E-state index is 11.6. The Kier molecular flexibility index (Phi) is 5.74. The van der Waals surface area contributed by atoms with Gasteiger partial charge in [-0.25, -0.2) is 0 Å². The van der Waals surface area contributed by atoms with E-state index in [2.05, 4.69) is 10.5 Å². The van der Waals surface area contributed by atoms with Crippen LogP contribution >= 0.6 is 0 Å². The molecule has 0 aliphatic rings. The molecule has 0 aliphatic carbocycles. The van der Waals surface area contributed by atoms with Gasteiger partial charge in [-0.05, 0) is 31.5 Å². The molecule has 1 aromatic heterocycles. The summed E-state index contributed by atoms with van der Waals surface area (Å²) in [7, 11) is 0. The van der Waals surface area contributed by atoms with Crippen molar-refractivity contribution in [2.24, 2.45) is 0 Å². The highest BCUT2D eigenvalue weighted by molar-refractivity contribution is 5.91. The number of anilines is 1. The van der Waals surface area contributed by atoms with Gasteiger partial charge in [0.05, 0.1) is 13.0 Å². The molecule has 2 rings (SSSR count). The lowest BCUT2D eigenvalue weighted by molar-refractivity contribution is -0.147. The van der Waals surface area contributed by atoms with Crippen LogP contribution < -0.4 is 10.1 Å². The second-order valence-electron chi connectivity index (χ2n) is 4.95. The molecule has 7 heteroatoms. The van der Waals surface area contributed by atoms with E-state index in [4.69, 9.17) is 14.0 Å². The first-order chi connectivity index (χ1) is 11.0. The van der Waals surface area contributed by atoms with Crippen LogP contribution in [0.15, 0.2) is 34.9 Å². The molecule has 0 aliphatic heterocycles. The monoisotopic (exact) mass is 318 g/mol. The number of amides is 1. The smallest absolute Gasteiger partial charge is 0.309 e. The van der Waals surface area contributed by atoms with Gasteiger partial charge >= 0.3 is 5.97 Å². The summed E-state index contributed by atoms with van der Waals surface area (Å²) >= 11 is 0. The molecule has 122 valence electrons. The molecule has 1 N–H and O–H groups in total. The highest BCUT2D eigenvalue weighted by Crippen LogP contribution is 2.12. The molecule has 7 nitrogen and oxygen atoms in total. The lowest BCUT2D eigenvalue weighted by Gasteiger charge is -2.07. The van der Waals surface area contributed by atoms with E-state index in [1.54, 1.807) is 13.0 Å². The molecule has 0 unspecified atom stereocenters. The topological polar surface area (TPSA) is 90.7 Å². The Morgan fingerprint density at radius 3 is 2.78 bits per heavy atom. The molecule has 1 amide bonds. The molecule has 0 saturated heterocycles. The van der Waals surface area contributed by atoms with E-state index in [-0.39, 0.29) is 25.5 Å². The standard InChI is InChI=1S/C16H18N2O5/c1-11-4-3-5-13(8-11)21-7-6-16(20)22-10-15(19)17-14-9-12(2)23-18-14/h3-5,8-9H,6-7,10H2,1-2H3,(H,17,18,19). The first-order valence-electron chi connectivity index (χ1n) is 7.11. The summed E-state index contributed by atoms with van der Waals surface area (Å²) in [5.74, 6) is 0.559. The summed E-state index contributed by atoms with van der Waals surface area (Å²) in [6, 6.07) is 9.08. The van der Waals surface area contributed by atoms with E-state index in [0.29, 0.717) is 11.5 Å². The normalized spacial score (nSPS) is 10.2. The van der Waals surface area contributed by atoms with E-state index < -0.39 is 11.9 Å². The number of nitrogens with one attached hydrogen (secondary N) is 1. The minimum atomic E-state index is -0.510. The minimum absolute atomic E-state index is 0.0598. The van der Waals surface area contributed by atoms with Crippen LogP contribution in [0.25, 0.3) is 0 Å². The molecular weight excluding hydrogens is 300 g/mol. The predicted octanol–water partition coefficient (Wildman–Crippen LogP) is 2.24. The van der Waals surface area contributed by atoms with Crippen molar-refractivity contribution in [3.05, 3.63) is 41.7 Å². The zero-order valence-corrected chi connectivity index (χ0v) is 13.0. The molecule has 1 heterocycles. The van der Waals surface area contributed by atoms with Crippen molar-refractivity contribution in [2.75, 3.05) is 18.5 Å². The number of ether oxygens (including phenoxy) is 2. The molecule has 0 saturated carbocycles. The molecule has 0 fully saturated rings. The first-order valence-corrected chi connectivity index (χ1v) is 7.11. The third kappa shape index (κ3) is 5.82. The van der Waals surface area contributed by atoms with E-state index in [0.717, 1.165) is 5.56 Å². The van der Waals surface area contributed by atoms with Gasteiger partial charge in [-0.2, -0.15) is 0 Å². The summed E-state index contributed by atoms with van der Waals surface area (Å²) in [6.45, 7) is 3.47. The number of aromatic nitrogens is 1. The number of aryl methyl sites for hydroxylation is 2. The largest absolute Gasteiger partial charge is 0.493 e. The summed E-state index contributed by atoms with van der Waals surface area (Å²) in [5, 5.41) is 6.06. The Balaban J connectivity index is 1.64. The second kappa shape index (κ2) is 7.98. The van der Waals surface area contributed by atoms with Crippen LogP contribution in [-0.2, 0) is 14.3 Å². The zero-order valence-electron chi connectivity index (χ0n) is 13.0. The van der Waals surface area contributed by atoms with Crippen molar-refractivity contribution in [3.8, 4) is 5.75 Å². The van der Waals surface area contributed by atoms with Crippen molar-refractivity contribution in [1.82, 2.24) is 5.16 Å². The maximum Gasteiger partial charge on any atom is 0.309 e. The summed E-state index contributed by atoms with van der Waals surface area (Å²) < 4.78 is 15.1. The molecule has 2 aromatic rings. The summed E-state index contributed by atoms with van der Waals surface area (Å²) in [6.07, 6.45) is 0.0598. The van der Waals surface area contributed by atoms with Crippen molar-refractivity contribution in [2.45, 2.75) is 20.3 Å². The van der Waals surface area contributed by atoms with Crippen LogP contribution in [0.3, 0.4) is 0 Å². The summed E-state index contributed by atoms with van der Waals surface area (Å²) in [5.41, 5.74) is 1.07. The zero-order chi connectivity index (χ0) is 16.7. The Morgan fingerprint density at radius 1 is 1.26 bits per heavy atom. The average Bonchev–Trinajstić information content (AvgIpc) is 2.90. The number of esters is 1. The highest BCUT2D eigenvalue weighted by atomic mass is 16.5. The third-order valence-electron chi connectivity index (χ3n) is 2.82. The lowest BCUT2D eigenvalue weighted by Crippen LogP contribution is -2.21. The number of hydrogen-bond donors (Lipinski definition) is 1. The fourth-order valence-electron chi connectivity index (χ4n) is 1.78. The average molecular weight is 318 g/mol. The van der Waals surface area contributed by atoms with Gasteiger partial charge in [-0.3, -0.25) is 9.59 Å².